The first kappa shape index (κ1) is 22.8. The molecule has 0 aliphatic heterocycles. The van der Waals surface area contributed by atoms with Crippen LogP contribution in [0.15, 0.2) is 23.5 Å². The standard InChI is InChI=1S/C19H36N6O2/c1-8-20-16(21-12-15(2)13-25-11-9-10-23-25)22-14-19(6,7)24-17(26)27-18(3,4)5/h9-11,15H,8,12-14H2,1-7H3,(H,24,26)(H2,20,21,22). The number of alkyl carbamates (subject to hydrolysis) is 1. The molecular formula is C19H36N6O2. The van der Waals surface area contributed by atoms with Crippen LogP contribution in [0, 0.1) is 5.92 Å². The smallest absolute Gasteiger partial charge is 0.408 e. The molecule has 0 spiro atoms. The topological polar surface area (TPSA) is 92.6 Å². The van der Waals surface area contributed by atoms with E-state index < -0.39 is 17.2 Å². The summed E-state index contributed by atoms with van der Waals surface area (Å²) >= 11 is 0. The van der Waals surface area contributed by atoms with Crippen molar-refractivity contribution >= 4 is 12.1 Å². The van der Waals surface area contributed by atoms with E-state index in [1.807, 2.05) is 58.5 Å². The minimum absolute atomic E-state index is 0.390. The molecule has 0 aliphatic carbocycles. The molecule has 1 aromatic rings. The Morgan fingerprint density at radius 3 is 2.52 bits per heavy atom. The molecule has 0 aliphatic rings. The van der Waals surface area contributed by atoms with Crippen LogP contribution < -0.4 is 16.0 Å². The maximum Gasteiger partial charge on any atom is 0.408 e. The van der Waals surface area contributed by atoms with Gasteiger partial charge in [0.05, 0.1) is 12.1 Å². The SMILES string of the molecule is CCNC(=NCC(C)(C)NC(=O)OC(C)(C)C)NCC(C)Cn1cccn1. The van der Waals surface area contributed by atoms with Crippen molar-refractivity contribution in [2.24, 2.45) is 10.9 Å². The number of carbonyl (C=O) groups is 1. The number of ether oxygens (including phenoxy) is 1. The largest absolute Gasteiger partial charge is 0.444 e. The van der Waals surface area contributed by atoms with E-state index in [0.717, 1.165) is 25.6 Å². The minimum atomic E-state index is -0.523. The van der Waals surface area contributed by atoms with Gasteiger partial charge in [-0.3, -0.25) is 9.67 Å². The summed E-state index contributed by atoms with van der Waals surface area (Å²) in [5.74, 6) is 1.12. The maximum atomic E-state index is 12.0. The first-order valence-electron chi connectivity index (χ1n) is 9.51. The van der Waals surface area contributed by atoms with Crippen molar-refractivity contribution in [1.29, 1.82) is 0 Å². The van der Waals surface area contributed by atoms with Gasteiger partial charge in [-0.2, -0.15) is 5.10 Å². The fourth-order valence-electron chi connectivity index (χ4n) is 2.30. The van der Waals surface area contributed by atoms with E-state index >= 15 is 0 Å². The third-order valence-corrected chi connectivity index (χ3v) is 3.49. The molecular weight excluding hydrogens is 344 g/mol. The predicted molar refractivity (Wildman–Crippen MR) is 109 cm³/mol. The summed E-state index contributed by atoms with van der Waals surface area (Å²) in [5.41, 5.74) is -1.05. The lowest BCUT2D eigenvalue weighted by Crippen LogP contribution is -2.49. The van der Waals surface area contributed by atoms with Crippen molar-refractivity contribution in [1.82, 2.24) is 25.7 Å². The zero-order valence-corrected chi connectivity index (χ0v) is 17.8. The van der Waals surface area contributed by atoms with E-state index in [1.54, 1.807) is 6.20 Å². The molecule has 1 atom stereocenters. The maximum absolute atomic E-state index is 12.0. The van der Waals surface area contributed by atoms with Crippen LogP contribution in [-0.2, 0) is 11.3 Å². The highest BCUT2D eigenvalue weighted by Crippen LogP contribution is 2.09. The Balaban J connectivity index is 2.54. The first-order valence-corrected chi connectivity index (χ1v) is 9.51. The fraction of sp³-hybridized carbons (Fsp3) is 0.737. The molecule has 0 aromatic carbocycles. The van der Waals surface area contributed by atoms with Crippen molar-refractivity contribution in [3.63, 3.8) is 0 Å². The average molecular weight is 381 g/mol. The number of nitrogens with one attached hydrogen (secondary N) is 3. The monoisotopic (exact) mass is 380 g/mol. The number of amides is 1. The van der Waals surface area contributed by atoms with Gasteiger partial charge in [0.1, 0.15) is 5.60 Å². The quantitative estimate of drug-likeness (QED) is 0.476. The van der Waals surface area contributed by atoms with E-state index in [1.165, 1.54) is 0 Å². The molecule has 1 amide bonds. The molecule has 27 heavy (non-hydrogen) atoms. The third-order valence-electron chi connectivity index (χ3n) is 3.49. The first-order chi connectivity index (χ1) is 12.5. The molecule has 1 aromatic heterocycles. The highest BCUT2D eigenvalue weighted by atomic mass is 16.6. The van der Waals surface area contributed by atoms with Gasteiger partial charge in [0.15, 0.2) is 5.96 Å². The van der Waals surface area contributed by atoms with Crippen molar-refractivity contribution in [3.8, 4) is 0 Å². The second-order valence-corrected chi connectivity index (χ2v) is 8.42. The summed E-state index contributed by atoms with van der Waals surface area (Å²) < 4.78 is 7.24. The second-order valence-electron chi connectivity index (χ2n) is 8.42. The zero-order valence-electron chi connectivity index (χ0n) is 17.8. The minimum Gasteiger partial charge on any atom is -0.444 e. The van der Waals surface area contributed by atoms with Crippen LogP contribution >= 0.6 is 0 Å². The summed E-state index contributed by atoms with van der Waals surface area (Å²) in [7, 11) is 0. The summed E-state index contributed by atoms with van der Waals surface area (Å²) in [6.07, 6.45) is 3.31. The normalized spacial score (nSPS) is 13.8. The van der Waals surface area contributed by atoms with Crippen LogP contribution in [-0.4, -0.2) is 52.6 Å². The molecule has 0 saturated carbocycles. The Morgan fingerprint density at radius 2 is 1.96 bits per heavy atom. The van der Waals surface area contributed by atoms with Crippen LogP contribution in [0.3, 0.4) is 0 Å². The number of guanidine groups is 1. The molecule has 0 bridgehead atoms. The molecule has 0 saturated heterocycles. The molecule has 0 radical (unpaired) electrons. The van der Waals surface area contributed by atoms with Gasteiger partial charge in [0.25, 0.3) is 0 Å². The number of aliphatic imine (C=N–C) groups is 1. The van der Waals surface area contributed by atoms with E-state index in [-0.39, 0.29) is 0 Å². The number of rotatable bonds is 8. The number of nitrogens with zero attached hydrogens (tertiary/aromatic N) is 3. The van der Waals surface area contributed by atoms with Gasteiger partial charge in [-0.1, -0.05) is 6.92 Å². The van der Waals surface area contributed by atoms with Crippen molar-refractivity contribution in [2.75, 3.05) is 19.6 Å². The van der Waals surface area contributed by atoms with E-state index in [2.05, 4.69) is 33.0 Å². The number of carbonyl (C=O) groups excluding carboxylic acids is 1. The number of hydrogen-bond donors (Lipinski definition) is 3. The lowest BCUT2D eigenvalue weighted by atomic mass is 10.1. The molecule has 8 nitrogen and oxygen atoms in total. The Hall–Kier alpha value is -2.25. The molecule has 1 heterocycles. The van der Waals surface area contributed by atoms with Crippen LogP contribution in [0.2, 0.25) is 0 Å². The van der Waals surface area contributed by atoms with Gasteiger partial charge in [0, 0.05) is 32.0 Å². The van der Waals surface area contributed by atoms with Crippen molar-refractivity contribution < 1.29 is 9.53 Å². The van der Waals surface area contributed by atoms with Crippen molar-refractivity contribution in [3.05, 3.63) is 18.5 Å². The molecule has 0 fully saturated rings. The highest BCUT2D eigenvalue weighted by Gasteiger charge is 2.24. The summed E-state index contributed by atoms with van der Waals surface area (Å²) in [5, 5.41) is 13.7. The summed E-state index contributed by atoms with van der Waals surface area (Å²) in [4.78, 5) is 16.6. The zero-order chi connectivity index (χ0) is 20.5. The van der Waals surface area contributed by atoms with Crippen LogP contribution in [0.4, 0.5) is 4.79 Å². The van der Waals surface area contributed by atoms with E-state index in [9.17, 15) is 4.79 Å². The van der Waals surface area contributed by atoms with Crippen LogP contribution in [0.5, 0.6) is 0 Å². The lowest BCUT2D eigenvalue weighted by Gasteiger charge is -2.27. The van der Waals surface area contributed by atoms with Gasteiger partial charge >= 0.3 is 6.09 Å². The van der Waals surface area contributed by atoms with Gasteiger partial charge in [-0.05, 0) is 53.5 Å². The summed E-state index contributed by atoms with van der Waals surface area (Å²) in [6, 6.07) is 1.92. The molecule has 1 rings (SSSR count). The van der Waals surface area contributed by atoms with Crippen LogP contribution in [0.1, 0.15) is 48.5 Å². The summed E-state index contributed by atoms with van der Waals surface area (Å²) in [6.45, 7) is 16.3. The van der Waals surface area contributed by atoms with Crippen LogP contribution in [0.25, 0.3) is 0 Å². The highest BCUT2D eigenvalue weighted by molar-refractivity contribution is 5.79. The van der Waals surface area contributed by atoms with Gasteiger partial charge in [-0.25, -0.2) is 4.79 Å². The average Bonchev–Trinajstić information content (AvgIpc) is 3.00. The fourth-order valence-corrected chi connectivity index (χ4v) is 2.30. The Bertz CT molecular complexity index is 590. The van der Waals surface area contributed by atoms with Crippen molar-refractivity contribution in [2.45, 2.75) is 66.2 Å². The second kappa shape index (κ2) is 10.2. The Labute approximate surface area is 163 Å². The number of hydrogen-bond acceptors (Lipinski definition) is 4. The van der Waals surface area contributed by atoms with E-state index in [4.69, 9.17) is 4.74 Å². The molecule has 8 heteroatoms. The Morgan fingerprint density at radius 1 is 1.26 bits per heavy atom. The number of aromatic nitrogens is 2. The lowest BCUT2D eigenvalue weighted by molar-refractivity contribution is 0.0476. The van der Waals surface area contributed by atoms with Gasteiger partial charge < -0.3 is 20.7 Å². The van der Waals surface area contributed by atoms with Gasteiger partial charge in [0.2, 0.25) is 0 Å². The Kier molecular flexibility index (Phi) is 8.59. The molecule has 154 valence electrons. The van der Waals surface area contributed by atoms with Gasteiger partial charge in [-0.15, -0.1) is 0 Å². The molecule has 3 N–H and O–H groups in total. The third kappa shape index (κ3) is 10.5. The predicted octanol–water partition coefficient (Wildman–Crippen LogP) is 2.38. The molecule has 1 unspecified atom stereocenters. The van der Waals surface area contributed by atoms with E-state index in [0.29, 0.717) is 12.5 Å².